The van der Waals surface area contributed by atoms with Crippen LogP contribution in [-0.2, 0) is 17.8 Å². The van der Waals surface area contributed by atoms with Crippen LogP contribution in [-0.4, -0.2) is 35.5 Å². The molecule has 2 N–H and O–H groups in total. The van der Waals surface area contributed by atoms with Gasteiger partial charge in [-0.15, -0.1) is 0 Å². The SMILES string of the molecule is O=C1NC(=O)C(CCCc2ccccc2)(C2CCN(Cc3ccccc3)CC2)N1. The third kappa shape index (κ3) is 4.51. The molecule has 5 heteroatoms. The number of hydrogen-bond donors (Lipinski definition) is 2. The molecule has 1 atom stereocenters. The second-order valence-electron chi connectivity index (χ2n) is 8.25. The maximum atomic E-state index is 12.8. The van der Waals surface area contributed by atoms with Crippen molar-refractivity contribution in [3.8, 4) is 0 Å². The molecule has 0 aromatic heterocycles. The van der Waals surface area contributed by atoms with E-state index in [0.717, 1.165) is 45.3 Å². The third-order valence-corrected chi connectivity index (χ3v) is 6.38. The van der Waals surface area contributed by atoms with Crippen LogP contribution in [0.2, 0.25) is 0 Å². The summed E-state index contributed by atoms with van der Waals surface area (Å²) in [7, 11) is 0. The molecule has 2 fully saturated rings. The summed E-state index contributed by atoms with van der Waals surface area (Å²) in [6.07, 6.45) is 4.32. The number of imide groups is 1. The molecule has 2 aromatic rings. The van der Waals surface area contributed by atoms with Crippen LogP contribution in [0, 0.1) is 5.92 Å². The van der Waals surface area contributed by atoms with Crippen molar-refractivity contribution in [1.29, 1.82) is 0 Å². The molecule has 2 saturated heterocycles. The predicted molar refractivity (Wildman–Crippen MR) is 113 cm³/mol. The maximum absolute atomic E-state index is 12.8. The van der Waals surface area contributed by atoms with Crippen molar-refractivity contribution in [1.82, 2.24) is 15.5 Å². The number of rotatable bonds is 7. The third-order valence-electron chi connectivity index (χ3n) is 6.38. The van der Waals surface area contributed by atoms with Gasteiger partial charge in [-0.05, 0) is 62.2 Å². The van der Waals surface area contributed by atoms with Crippen molar-refractivity contribution < 1.29 is 9.59 Å². The van der Waals surface area contributed by atoms with Gasteiger partial charge in [0.1, 0.15) is 5.54 Å². The van der Waals surface area contributed by atoms with Crippen molar-refractivity contribution >= 4 is 11.9 Å². The standard InChI is InChI=1S/C24H29N3O2/c28-22-24(26-23(29)25-22,15-7-12-19-8-3-1-4-9-19)21-13-16-27(17-14-21)18-20-10-5-2-6-11-20/h1-6,8-11,21H,7,12-18H2,(H2,25,26,28,29). The number of carbonyl (C=O) groups is 2. The van der Waals surface area contributed by atoms with Gasteiger partial charge in [-0.2, -0.15) is 0 Å². The summed E-state index contributed by atoms with van der Waals surface area (Å²) in [5, 5.41) is 5.52. The van der Waals surface area contributed by atoms with Crippen molar-refractivity contribution in [3.63, 3.8) is 0 Å². The first-order valence-electron chi connectivity index (χ1n) is 10.6. The highest BCUT2D eigenvalue weighted by molar-refractivity contribution is 6.07. The van der Waals surface area contributed by atoms with E-state index in [1.807, 2.05) is 24.3 Å². The van der Waals surface area contributed by atoms with Gasteiger partial charge in [0.2, 0.25) is 0 Å². The van der Waals surface area contributed by atoms with Crippen molar-refractivity contribution in [2.75, 3.05) is 13.1 Å². The fourth-order valence-corrected chi connectivity index (χ4v) is 4.81. The monoisotopic (exact) mass is 391 g/mol. The molecule has 0 spiro atoms. The first kappa shape index (κ1) is 19.6. The van der Waals surface area contributed by atoms with E-state index in [0.29, 0.717) is 6.42 Å². The van der Waals surface area contributed by atoms with Gasteiger partial charge < -0.3 is 5.32 Å². The zero-order valence-corrected chi connectivity index (χ0v) is 16.8. The van der Waals surface area contributed by atoms with E-state index in [2.05, 4.69) is 51.9 Å². The average molecular weight is 392 g/mol. The lowest BCUT2D eigenvalue weighted by Gasteiger charge is -2.40. The highest BCUT2D eigenvalue weighted by Crippen LogP contribution is 2.35. The largest absolute Gasteiger partial charge is 0.323 e. The Morgan fingerprint density at radius 2 is 1.52 bits per heavy atom. The van der Waals surface area contributed by atoms with Crippen LogP contribution in [0.25, 0.3) is 0 Å². The summed E-state index contributed by atoms with van der Waals surface area (Å²) in [6, 6.07) is 20.5. The molecular formula is C24H29N3O2. The molecule has 4 rings (SSSR count). The second kappa shape index (κ2) is 8.78. The Hall–Kier alpha value is -2.66. The molecule has 0 saturated carbocycles. The number of amides is 3. The van der Waals surface area contributed by atoms with Gasteiger partial charge in [0, 0.05) is 6.54 Å². The lowest BCUT2D eigenvalue weighted by atomic mass is 9.74. The summed E-state index contributed by atoms with van der Waals surface area (Å²) in [5.41, 5.74) is 1.82. The average Bonchev–Trinajstić information content (AvgIpc) is 3.04. The number of piperidine rings is 1. The molecule has 0 bridgehead atoms. The van der Waals surface area contributed by atoms with Crippen LogP contribution >= 0.6 is 0 Å². The topological polar surface area (TPSA) is 61.4 Å². The molecular weight excluding hydrogens is 362 g/mol. The van der Waals surface area contributed by atoms with Gasteiger partial charge in [-0.3, -0.25) is 15.0 Å². The van der Waals surface area contributed by atoms with Crippen LogP contribution in [0.3, 0.4) is 0 Å². The highest BCUT2D eigenvalue weighted by atomic mass is 16.2. The first-order chi connectivity index (χ1) is 14.2. The van der Waals surface area contributed by atoms with Crippen LogP contribution < -0.4 is 10.6 Å². The summed E-state index contributed by atoms with van der Waals surface area (Å²) in [4.78, 5) is 27.3. The van der Waals surface area contributed by atoms with E-state index in [-0.39, 0.29) is 17.9 Å². The molecule has 2 aliphatic rings. The molecule has 0 aliphatic carbocycles. The molecule has 2 aromatic carbocycles. The quantitative estimate of drug-likeness (QED) is 0.710. The van der Waals surface area contributed by atoms with Gasteiger partial charge in [0.15, 0.2) is 0 Å². The fourth-order valence-electron chi connectivity index (χ4n) is 4.81. The Morgan fingerprint density at radius 3 is 2.10 bits per heavy atom. The summed E-state index contributed by atoms with van der Waals surface area (Å²) < 4.78 is 0. The van der Waals surface area contributed by atoms with Crippen molar-refractivity contribution in [3.05, 3.63) is 71.8 Å². The van der Waals surface area contributed by atoms with E-state index in [1.165, 1.54) is 11.1 Å². The smallest absolute Gasteiger partial charge is 0.322 e. The Kier molecular flexibility index (Phi) is 5.95. The number of aryl methyl sites for hydroxylation is 1. The zero-order chi connectivity index (χ0) is 20.1. The minimum absolute atomic E-state index is 0.142. The van der Waals surface area contributed by atoms with Crippen LogP contribution in [0.1, 0.15) is 36.8 Å². The fraction of sp³-hybridized carbons (Fsp3) is 0.417. The van der Waals surface area contributed by atoms with E-state index >= 15 is 0 Å². The number of nitrogens with zero attached hydrogens (tertiary/aromatic N) is 1. The number of likely N-dealkylation sites (tertiary alicyclic amines) is 1. The van der Waals surface area contributed by atoms with Gasteiger partial charge in [-0.25, -0.2) is 4.79 Å². The Labute approximate surface area is 172 Å². The van der Waals surface area contributed by atoms with E-state index < -0.39 is 5.54 Å². The first-order valence-corrected chi connectivity index (χ1v) is 10.6. The Balaban J connectivity index is 1.38. The minimum atomic E-state index is -0.759. The maximum Gasteiger partial charge on any atom is 0.322 e. The van der Waals surface area contributed by atoms with E-state index in [1.54, 1.807) is 0 Å². The number of nitrogens with one attached hydrogen (secondary N) is 2. The van der Waals surface area contributed by atoms with Crippen molar-refractivity contribution in [2.45, 2.75) is 44.2 Å². The number of hydrogen-bond acceptors (Lipinski definition) is 3. The second-order valence-corrected chi connectivity index (χ2v) is 8.25. The predicted octanol–water partition coefficient (Wildman–Crippen LogP) is 3.50. The van der Waals surface area contributed by atoms with Gasteiger partial charge in [0.25, 0.3) is 5.91 Å². The van der Waals surface area contributed by atoms with Gasteiger partial charge in [0.05, 0.1) is 0 Å². The molecule has 2 aliphatic heterocycles. The molecule has 0 radical (unpaired) electrons. The highest BCUT2D eigenvalue weighted by Gasteiger charge is 2.51. The van der Waals surface area contributed by atoms with E-state index in [9.17, 15) is 9.59 Å². The number of carbonyl (C=O) groups excluding carboxylic acids is 2. The van der Waals surface area contributed by atoms with Crippen LogP contribution in [0.4, 0.5) is 4.79 Å². The molecule has 29 heavy (non-hydrogen) atoms. The summed E-state index contributed by atoms with van der Waals surface area (Å²) >= 11 is 0. The van der Waals surface area contributed by atoms with Crippen LogP contribution in [0.15, 0.2) is 60.7 Å². The zero-order valence-electron chi connectivity index (χ0n) is 16.8. The molecule has 5 nitrogen and oxygen atoms in total. The van der Waals surface area contributed by atoms with Gasteiger partial charge >= 0.3 is 6.03 Å². The Morgan fingerprint density at radius 1 is 0.897 bits per heavy atom. The summed E-state index contributed by atoms with van der Waals surface area (Å²) in [5.74, 6) is 0.0359. The molecule has 3 amide bonds. The lowest BCUT2D eigenvalue weighted by molar-refractivity contribution is -0.127. The van der Waals surface area contributed by atoms with Crippen molar-refractivity contribution in [2.24, 2.45) is 5.92 Å². The van der Waals surface area contributed by atoms with Crippen LogP contribution in [0.5, 0.6) is 0 Å². The number of benzene rings is 2. The minimum Gasteiger partial charge on any atom is -0.323 e. The molecule has 152 valence electrons. The normalized spacial score (nSPS) is 23.0. The summed E-state index contributed by atoms with van der Waals surface area (Å²) in [6.45, 7) is 2.83. The van der Waals surface area contributed by atoms with Gasteiger partial charge in [-0.1, -0.05) is 60.7 Å². The molecule has 1 unspecified atom stereocenters. The molecule has 2 heterocycles. The Bertz CT molecular complexity index is 832. The lowest BCUT2D eigenvalue weighted by Crippen LogP contribution is -2.56. The number of urea groups is 1. The van der Waals surface area contributed by atoms with E-state index in [4.69, 9.17) is 0 Å².